The third-order valence-corrected chi connectivity index (χ3v) is 6.11. The highest BCUT2D eigenvalue weighted by Crippen LogP contribution is 2.33. The van der Waals surface area contributed by atoms with Gasteiger partial charge in [0.05, 0.1) is 11.3 Å². The first-order valence-corrected chi connectivity index (χ1v) is 10.8. The van der Waals surface area contributed by atoms with Crippen LogP contribution in [0, 0.1) is 26.7 Å². The Bertz CT molecular complexity index is 1060. The molecule has 1 saturated heterocycles. The van der Waals surface area contributed by atoms with Gasteiger partial charge in [0.1, 0.15) is 17.4 Å². The van der Waals surface area contributed by atoms with E-state index < -0.39 is 0 Å². The summed E-state index contributed by atoms with van der Waals surface area (Å²) in [5, 5.41) is 4.09. The minimum absolute atomic E-state index is 0.0488. The van der Waals surface area contributed by atoms with E-state index in [4.69, 9.17) is 9.40 Å². The molecule has 1 aromatic carbocycles. The normalized spacial score (nSPS) is 16.8. The van der Waals surface area contributed by atoms with Gasteiger partial charge in [-0.3, -0.25) is 4.79 Å². The van der Waals surface area contributed by atoms with Crippen molar-refractivity contribution in [1.29, 1.82) is 0 Å². The zero-order valence-electron chi connectivity index (χ0n) is 18.3. The van der Waals surface area contributed by atoms with Crippen LogP contribution < -0.4 is 10.2 Å². The van der Waals surface area contributed by atoms with Crippen LogP contribution in [0.15, 0.2) is 28.7 Å². The number of nitrogens with zero attached hydrogens (tertiary/aromatic N) is 3. The van der Waals surface area contributed by atoms with E-state index in [2.05, 4.69) is 46.4 Å². The van der Waals surface area contributed by atoms with Gasteiger partial charge >= 0.3 is 0 Å². The Morgan fingerprint density at radius 3 is 2.63 bits per heavy atom. The number of carbonyl (C=O) groups excluding carboxylic acids is 1. The third-order valence-electron chi connectivity index (χ3n) is 6.11. The molecule has 0 aliphatic carbocycles. The summed E-state index contributed by atoms with van der Waals surface area (Å²) in [7, 11) is 0. The molecule has 0 saturated carbocycles. The number of nitrogens with one attached hydrogen (secondary N) is 1. The number of furan rings is 1. The predicted octanol–water partition coefficient (Wildman–Crippen LogP) is 4.24. The average molecular weight is 407 g/mol. The van der Waals surface area contributed by atoms with E-state index in [0.29, 0.717) is 24.6 Å². The number of hydrogen-bond donors (Lipinski definition) is 1. The summed E-state index contributed by atoms with van der Waals surface area (Å²) in [5.74, 6) is 2.51. The summed E-state index contributed by atoms with van der Waals surface area (Å²) in [5.41, 5.74) is 4.15. The minimum atomic E-state index is -0.0488. The monoisotopic (exact) mass is 406 g/mol. The topological polar surface area (TPSA) is 71.3 Å². The number of amides is 1. The second-order valence-electron chi connectivity index (χ2n) is 8.23. The molecule has 6 heteroatoms. The molecule has 1 atom stereocenters. The van der Waals surface area contributed by atoms with Gasteiger partial charge in [-0.1, -0.05) is 31.2 Å². The van der Waals surface area contributed by atoms with Crippen molar-refractivity contribution >= 4 is 22.8 Å². The number of aromatic nitrogens is 2. The zero-order valence-corrected chi connectivity index (χ0v) is 18.3. The maximum absolute atomic E-state index is 12.9. The fourth-order valence-electron chi connectivity index (χ4n) is 4.17. The number of carbonyl (C=O) groups is 1. The largest absolute Gasteiger partial charge is 0.443 e. The highest BCUT2D eigenvalue weighted by molar-refractivity contribution is 5.90. The number of aryl methyl sites for hydroxylation is 4. The van der Waals surface area contributed by atoms with Crippen molar-refractivity contribution < 1.29 is 9.21 Å². The number of fused-ring (bicyclic) bond motifs is 1. The van der Waals surface area contributed by atoms with Crippen LogP contribution in [0.4, 0.5) is 5.82 Å². The molecule has 3 heterocycles. The Hall–Kier alpha value is -2.89. The molecule has 0 radical (unpaired) electrons. The van der Waals surface area contributed by atoms with Crippen molar-refractivity contribution in [2.24, 2.45) is 5.92 Å². The van der Waals surface area contributed by atoms with Crippen LogP contribution in [0.5, 0.6) is 0 Å². The molecule has 30 heavy (non-hydrogen) atoms. The molecule has 0 unspecified atom stereocenters. The molecule has 0 spiro atoms. The number of rotatable bonds is 5. The lowest BCUT2D eigenvalue weighted by molar-refractivity contribution is -0.125. The van der Waals surface area contributed by atoms with Gasteiger partial charge in [0.15, 0.2) is 0 Å². The van der Waals surface area contributed by atoms with Gasteiger partial charge in [0.2, 0.25) is 11.6 Å². The number of piperidine rings is 1. The van der Waals surface area contributed by atoms with E-state index in [9.17, 15) is 4.79 Å². The van der Waals surface area contributed by atoms with Crippen LogP contribution in [-0.4, -0.2) is 29.0 Å². The van der Waals surface area contributed by atoms with Crippen molar-refractivity contribution in [3.05, 3.63) is 52.5 Å². The molecule has 1 aliphatic rings. The molecule has 1 aliphatic heterocycles. The van der Waals surface area contributed by atoms with Gasteiger partial charge in [0.25, 0.3) is 0 Å². The molecule has 1 amide bonds. The van der Waals surface area contributed by atoms with E-state index >= 15 is 0 Å². The number of anilines is 1. The second-order valence-corrected chi connectivity index (χ2v) is 8.23. The van der Waals surface area contributed by atoms with Gasteiger partial charge in [-0.25, -0.2) is 4.98 Å². The SMILES string of the molecule is CCc1ccc(CNC(=O)[C@H]2CCCN(c3nc(C)nc4oc(C)c(C)c34)C2)cc1. The first-order valence-electron chi connectivity index (χ1n) is 10.8. The standard InChI is InChI=1S/C24H30N4O2/c1-5-18-8-10-19(11-9-18)13-25-23(29)20-7-6-12-28(14-20)22-21-15(2)16(3)30-24(21)27-17(4)26-22/h8-11,20H,5-7,12-14H2,1-4H3,(H,25,29)/t20-/m0/s1. The molecule has 1 fully saturated rings. The van der Waals surface area contributed by atoms with Crippen molar-refractivity contribution in [3.63, 3.8) is 0 Å². The lowest BCUT2D eigenvalue weighted by Crippen LogP contribution is -2.43. The maximum Gasteiger partial charge on any atom is 0.231 e. The van der Waals surface area contributed by atoms with E-state index in [1.54, 1.807) is 0 Å². The van der Waals surface area contributed by atoms with Crippen molar-refractivity contribution in [1.82, 2.24) is 15.3 Å². The molecule has 158 valence electrons. The first-order chi connectivity index (χ1) is 14.5. The molecule has 3 aromatic rings. The number of benzene rings is 1. The molecule has 0 bridgehead atoms. The minimum Gasteiger partial charge on any atom is -0.443 e. The summed E-state index contributed by atoms with van der Waals surface area (Å²) >= 11 is 0. The first kappa shape index (κ1) is 20.4. The fourth-order valence-corrected chi connectivity index (χ4v) is 4.17. The van der Waals surface area contributed by atoms with Crippen molar-refractivity contribution in [3.8, 4) is 0 Å². The van der Waals surface area contributed by atoms with Gasteiger partial charge in [0, 0.05) is 25.2 Å². The van der Waals surface area contributed by atoms with E-state index in [0.717, 1.165) is 53.9 Å². The Balaban J connectivity index is 1.48. The van der Waals surface area contributed by atoms with Gasteiger partial charge in [-0.05, 0) is 51.2 Å². The maximum atomic E-state index is 12.9. The molecule has 6 nitrogen and oxygen atoms in total. The Morgan fingerprint density at radius 2 is 1.90 bits per heavy atom. The Morgan fingerprint density at radius 1 is 1.17 bits per heavy atom. The van der Waals surface area contributed by atoms with Crippen LogP contribution in [0.1, 0.15) is 48.0 Å². The summed E-state index contributed by atoms with van der Waals surface area (Å²) in [4.78, 5) is 24.3. The smallest absolute Gasteiger partial charge is 0.231 e. The second kappa shape index (κ2) is 8.46. The quantitative estimate of drug-likeness (QED) is 0.686. The van der Waals surface area contributed by atoms with Crippen LogP contribution in [-0.2, 0) is 17.8 Å². The van der Waals surface area contributed by atoms with Gasteiger partial charge < -0.3 is 14.6 Å². The summed E-state index contributed by atoms with van der Waals surface area (Å²) in [6.07, 6.45) is 2.88. The summed E-state index contributed by atoms with van der Waals surface area (Å²) in [6.45, 7) is 10.1. The van der Waals surface area contributed by atoms with E-state index in [1.165, 1.54) is 5.56 Å². The highest BCUT2D eigenvalue weighted by atomic mass is 16.3. The molecular weight excluding hydrogens is 376 g/mol. The number of hydrogen-bond acceptors (Lipinski definition) is 5. The third kappa shape index (κ3) is 4.04. The molecule has 4 rings (SSSR count). The molecule has 2 aromatic heterocycles. The van der Waals surface area contributed by atoms with Crippen LogP contribution in [0.2, 0.25) is 0 Å². The molecular formula is C24H30N4O2. The van der Waals surface area contributed by atoms with Crippen molar-refractivity contribution in [2.75, 3.05) is 18.0 Å². The van der Waals surface area contributed by atoms with E-state index in [1.807, 2.05) is 20.8 Å². The lowest BCUT2D eigenvalue weighted by Gasteiger charge is -2.33. The average Bonchev–Trinajstić information content (AvgIpc) is 3.05. The zero-order chi connectivity index (χ0) is 21.3. The van der Waals surface area contributed by atoms with Gasteiger partial charge in [-0.2, -0.15) is 4.98 Å². The summed E-state index contributed by atoms with van der Waals surface area (Å²) < 4.78 is 5.83. The van der Waals surface area contributed by atoms with Crippen LogP contribution >= 0.6 is 0 Å². The van der Waals surface area contributed by atoms with Crippen LogP contribution in [0.25, 0.3) is 11.1 Å². The Labute approximate surface area is 177 Å². The van der Waals surface area contributed by atoms with E-state index in [-0.39, 0.29) is 11.8 Å². The highest BCUT2D eigenvalue weighted by Gasteiger charge is 2.29. The fraction of sp³-hybridized carbons (Fsp3) is 0.458. The van der Waals surface area contributed by atoms with Crippen LogP contribution in [0.3, 0.4) is 0 Å². The summed E-state index contributed by atoms with van der Waals surface area (Å²) in [6, 6.07) is 8.44. The van der Waals surface area contributed by atoms with Gasteiger partial charge in [-0.15, -0.1) is 0 Å². The molecule has 1 N–H and O–H groups in total. The predicted molar refractivity (Wildman–Crippen MR) is 119 cm³/mol. The lowest BCUT2D eigenvalue weighted by atomic mass is 9.96. The Kier molecular flexibility index (Phi) is 5.75. The van der Waals surface area contributed by atoms with Crippen molar-refractivity contribution in [2.45, 2.75) is 53.5 Å².